The molecular formula is C15H32I2N3O-. The van der Waals surface area contributed by atoms with Crippen LogP contribution in [0.25, 0.3) is 0 Å². The van der Waals surface area contributed by atoms with Gasteiger partial charge in [-0.2, -0.15) is 0 Å². The molecule has 0 spiro atoms. The molecule has 2 rings (SSSR count). The molecule has 0 atom stereocenters. The van der Waals surface area contributed by atoms with Gasteiger partial charge in [-0.1, -0.05) is 0 Å². The summed E-state index contributed by atoms with van der Waals surface area (Å²) in [4.78, 5) is 9.89. The van der Waals surface area contributed by atoms with Crippen LogP contribution in [0.2, 0.25) is 0 Å². The maximum atomic E-state index is 6.10. The Balaban J connectivity index is 1.49. The Labute approximate surface area is 149 Å². The number of hydrogen-bond donors (Lipinski definition) is 0. The number of ether oxygens (including phenoxy) is 1. The van der Waals surface area contributed by atoms with Crippen LogP contribution in [-0.2, 0) is 4.74 Å². The number of rotatable bonds is 7. The summed E-state index contributed by atoms with van der Waals surface area (Å²) in [5.41, 5.74) is 0. The molecule has 0 unspecified atom stereocenters. The summed E-state index contributed by atoms with van der Waals surface area (Å²) in [5.74, 6) is 0. The summed E-state index contributed by atoms with van der Waals surface area (Å²) in [6, 6.07) is 0. The van der Waals surface area contributed by atoms with Crippen LogP contribution in [0.1, 0.15) is 19.3 Å². The van der Waals surface area contributed by atoms with E-state index >= 15 is 0 Å². The van der Waals surface area contributed by atoms with Gasteiger partial charge in [-0.3, -0.25) is 0 Å². The SMILES string of the molecule is C[I-]N1CCN(CCCOC2CCN(I(C)C)CC2)CC1. The second-order valence-electron chi connectivity index (χ2n) is 5.97. The van der Waals surface area contributed by atoms with Crippen molar-refractivity contribution in [2.24, 2.45) is 0 Å². The van der Waals surface area contributed by atoms with Crippen molar-refractivity contribution in [3.05, 3.63) is 0 Å². The Kier molecular flexibility index (Phi) is 9.07. The van der Waals surface area contributed by atoms with Crippen LogP contribution >= 0.6 is 20.1 Å². The normalized spacial score (nSPS) is 24.6. The number of alkyl halides is 3. The molecule has 0 saturated carbocycles. The molecule has 0 N–H and O–H groups in total. The summed E-state index contributed by atoms with van der Waals surface area (Å²) in [6.45, 7) is 9.89. The Morgan fingerprint density at radius 1 is 1.05 bits per heavy atom. The van der Waals surface area contributed by atoms with E-state index < -0.39 is 20.1 Å². The van der Waals surface area contributed by atoms with Crippen molar-refractivity contribution in [1.29, 1.82) is 0 Å². The fourth-order valence-corrected chi connectivity index (χ4v) is 6.87. The Morgan fingerprint density at radius 2 is 1.71 bits per heavy atom. The van der Waals surface area contributed by atoms with Crippen LogP contribution in [0, 0.1) is 0 Å². The Hall–Kier alpha value is 1.30. The molecule has 6 heteroatoms. The van der Waals surface area contributed by atoms with Gasteiger partial charge < -0.3 is 0 Å². The average molecular weight is 524 g/mol. The summed E-state index contributed by atoms with van der Waals surface area (Å²) in [7, 11) is 0. The molecular weight excluding hydrogens is 492 g/mol. The fraction of sp³-hybridized carbons (Fsp3) is 1.00. The number of nitrogens with zero attached hydrogens (tertiary/aromatic N) is 3. The number of halogens is 2. The number of piperazine rings is 1. The molecule has 0 aromatic carbocycles. The molecule has 21 heavy (non-hydrogen) atoms. The second-order valence-corrected chi connectivity index (χ2v) is 13.8. The summed E-state index contributed by atoms with van der Waals surface area (Å²) >= 11 is -0.419. The zero-order valence-electron chi connectivity index (χ0n) is 13.9. The molecule has 2 saturated heterocycles. The van der Waals surface area contributed by atoms with Crippen LogP contribution < -0.4 is 21.5 Å². The average Bonchev–Trinajstić information content (AvgIpc) is 2.52. The zero-order chi connectivity index (χ0) is 15.1. The third-order valence-electron chi connectivity index (χ3n) is 4.39. The number of piperidine rings is 1. The van der Waals surface area contributed by atoms with Crippen LogP contribution in [0.4, 0.5) is 0 Å². The minimum atomic E-state index is -0.732. The van der Waals surface area contributed by atoms with Gasteiger partial charge in [0.1, 0.15) is 0 Å². The molecule has 2 heterocycles. The maximum absolute atomic E-state index is 6.10. The zero-order valence-corrected chi connectivity index (χ0v) is 18.2. The number of hydrogen-bond acceptors (Lipinski definition) is 4. The molecule has 2 aliphatic heterocycles. The van der Waals surface area contributed by atoms with Crippen molar-refractivity contribution in [2.45, 2.75) is 25.4 Å². The molecule has 0 aromatic heterocycles. The first-order chi connectivity index (χ1) is 10.2. The molecule has 0 bridgehead atoms. The second kappa shape index (κ2) is 10.2. The van der Waals surface area contributed by atoms with E-state index in [0.29, 0.717) is 27.6 Å². The van der Waals surface area contributed by atoms with Crippen molar-refractivity contribution in [3.63, 3.8) is 0 Å². The van der Waals surface area contributed by atoms with Gasteiger partial charge in [-0.25, -0.2) is 0 Å². The van der Waals surface area contributed by atoms with E-state index in [0.717, 1.165) is 6.61 Å². The van der Waals surface area contributed by atoms with E-state index in [-0.39, 0.29) is 0 Å². The molecule has 0 aromatic rings. The first-order valence-electron chi connectivity index (χ1n) is 8.03. The quantitative estimate of drug-likeness (QED) is 0.180. The molecule has 128 valence electrons. The van der Waals surface area contributed by atoms with E-state index in [2.05, 4.69) is 25.9 Å². The standard InChI is InChI=1S/C15H32I2N3O/c1-16-19-12-10-18(11-13-19)7-4-14-21-15-5-8-20(9-6-15)17(2)3/h15H,4-14H2,1-3H3/q-1. The molecule has 2 aliphatic rings. The van der Waals surface area contributed by atoms with Crippen LogP contribution in [-0.4, -0.2) is 84.4 Å². The topological polar surface area (TPSA) is 19.0 Å². The van der Waals surface area contributed by atoms with Crippen molar-refractivity contribution in [2.75, 3.05) is 67.2 Å². The first-order valence-corrected chi connectivity index (χ1v) is 16.4. The van der Waals surface area contributed by atoms with E-state index in [1.807, 2.05) is 0 Å². The monoisotopic (exact) mass is 524 g/mol. The van der Waals surface area contributed by atoms with Crippen LogP contribution in [0.5, 0.6) is 0 Å². The van der Waals surface area contributed by atoms with Crippen molar-refractivity contribution >= 4 is 20.1 Å². The third kappa shape index (κ3) is 6.74. The van der Waals surface area contributed by atoms with Gasteiger partial charge >= 0.3 is 150 Å². The van der Waals surface area contributed by atoms with Gasteiger partial charge in [0, 0.05) is 0 Å². The Morgan fingerprint density at radius 3 is 2.29 bits per heavy atom. The summed E-state index contributed by atoms with van der Waals surface area (Å²) in [6.07, 6.45) is 4.27. The molecule has 2 fully saturated rings. The van der Waals surface area contributed by atoms with Gasteiger partial charge in [-0.15, -0.1) is 0 Å². The van der Waals surface area contributed by atoms with E-state index in [1.54, 1.807) is 0 Å². The molecule has 0 aliphatic carbocycles. The van der Waals surface area contributed by atoms with Gasteiger partial charge in [0.15, 0.2) is 0 Å². The van der Waals surface area contributed by atoms with Crippen LogP contribution in [0.15, 0.2) is 0 Å². The van der Waals surface area contributed by atoms with Crippen LogP contribution in [0.3, 0.4) is 0 Å². The summed E-state index contributed by atoms with van der Waals surface area (Å²) in [5, 5.41) is 0. The molecule has 0 amide bonds. The summed E-state index contributed by atoms with van der Waals surface area (Å²) < 4.78 is 11.5. The fourth-order valence-electron chi connectivity index (χ4n) is 2.98. The predicted octanol–water partition coefficient (Wildman–Crippen LogP) is -1.21. The van der Waals surface area contributed by atoms with Crippen molar-refractivity contribution < 1.29 is 26.2 Å². The van der Waals surface area contributed by atoms with Crippen molar-refractivity contribution in [1.82, 2.24) is 11.1 Å². The van der Waals surface area contributed by atoms with Gasteiger partial charge in [0.25, 0.3) is 0 Å². The van der Waals surface area contributed by atoms with Gasteiger partial charge in [-0.05, 0) is 0 Å². The molecule has 0 radical (unpaired) electrons. The van der Waals surface area contributed by atoms with Gasteiger partial charge in [0.05, 0.1) is 0 Å². The molecule has 4 nitrogen and oxygen atoms in total. The third-order valence-corrected chi connectivity index (χ3v) is 10.4. The first kappa shape index (κ1) is 18.6. The van der Waals surface area contributed by atoms with Crippen molar-refractivity contribution in [3.8, 4) is 0 Å². The predicted molar refractivity (Wildman–Crippen MR) is 95.0 cm³/mol. The van der Waals surface area contributed by atoms with Gasteiger partial charge in [0.2, 0.25) is 0 Å². The van der Waals surface area contributed by atoms with E-state index in [1.165, 1.54) is 65.1 Å². The van der Waals surface area contributed by atoms with E-state index in [4.69, 9.17) is 4.74 Å². The Bertz CT molecular complexity index is 278. The van der Waals surface area contributed by atoms with E-state index in [9.17, 15) is 0 Å². The minimum absolute atomic E-state index is 0.313.